The van der Waals surface area contributed by atoms with E-state index in [9.17, 15) is 4.79 Å². The van der Waals surface area contributed by atoms with E-state index in [2.05, 4.69) is 15.5 Å². The Hall–Kier alpha value is -2.77. The number of nitrogens with zero attached hydrogens (tertiary/aromatic N) is 4. The zero-order valence-electron chi connectivity index (χ0n) is 13.1. The molecule has 8 heteroatoms. The standard InChI is InChI=1S/C15H19N5O3/c1-19(2)14-12(4-3-7-16-14)23-11-5-8-20(10-11)15(21)17-13-6-9-22-18-13/h3-4,6-7,9,11H,5,8,10H2,1-2H3,(H,17,18,21). The number of hydrogen-bond acceptors (Lipinski definition) is 6. The lowest BCUT2D eigenvalue weighted by molar-refractivity contribution is 0.194. The van der Waals surface area contributed by atoms with Gasteiger partial charge in [0.2, 0.25) is 0 Å². The van der Waals surface area contributed by atoms with Crippen molar-refractivity contribution in [3.8, 4) is 5.75 Å². The molecule has 122 valence electrons. The summed E-state index contributed by atoms with van der Waals surface area (Å²) < 4.78 is 10.7. The van der Waals surface area contributed by atoms with Gasteiger partial charge in [0.1, 0.15) is 12.4 Å². The number of aromatic nitrogens is 2. The van der Waals surface area contributed by atoms with E-state index in [-0.39, 0.29) is 12.1 Å². The molecule has 1 aliphatic rings. The largest absolute Gasteiger partial charge is 0.485 e. The number of hydrogen-bond donors (Lipinski definition) is 1. The lowest BCUT2D eigenvalue weighted by Gasteiger charge is -2.20. The molecule has 1 saturated heterocycles. The first-order valence-corrected chi connectivity index (χ1v) is 7.39. The predicted octanol–water partition coefficient (Wildman–Crippen LogP) is 1.82. The number of rotatable bonds is 4. The van der Waals surface area contributed by atoms with Gasteiger partial charge in [-0.15, -0.1) is 0 Å². The highest BCUT2D eigenvalue weighted by Gasteiger charge is 2.28. The van der Waals surface area contributed by atoms with E-state index in [4.69, 9.17) is 9.26 Å². The van der Waals surface area contributed by atoms with Crippen LogP contribution < -0.4 is 15.0 Å². The molecule has 3 heterocycles. The Morgan fingerprint density at radius 1 is 1.48 bits per heavy atom. The average Bonchev–Trinajstić information content (AvgIpc) is 3.19. The molecule has 1 unspecified atom stereocenters. The lowest BCUT2D eigenvalue weighted by atomic mass is 10.3. The van der Waals surface area contributed by atoms with E-state index in [1.54, 1.807) is 17.2 Å². The smallest absolute Gasteiger partial charge is 0.323 e. The van der Waals surface area contributed by atoms with Crippen LogP contribution in [0.4, 0.5) is 16.4 Å². The molecule has 0 aliphatic carbocycles. The Morgan fingerprint density at radius 3 is 3.09 bits per heavy atom. The quantitative estimate of drug-likeness (QED) is 0.926. The van der Waals surface area contributed by atoms with Crippen LogP contribution in [0.25, 0.3) is 0 Å². The number of likely N-dealkylation sites (tertiary alicyclic amines) is 1. The molecule has 0 radical (unpaired) electrons. The van der Waals surface area contributed by atoms with Gasteiger partial charge >= 0.3 is 6.03 Å². The molecule has 0 aromatic carbocycles. The minimum atomic E-state index is -0.205. The van der Waals surface area contributed by atoms with Gasteiger partial charge < -0.3 is 19.1 Å². The van der Waals surface area contributed by atoms with Crippen molar-refractivity contribution in [2.45, 2.75) is 12.5 Å². The molecule has 0 bridgehead atoms. The van der Waals surface area contributed by atoms with E-state index < -0.39 is 0 Å². The van der Waals surface area contributed by atoms with Crippen LogP contribution in [0.3, 0.4) is 0 Å². The Kier molecular flexibility index (Phi) is 4.31. The summed E-state index contributed by atoms with van der Waals surface area (Å²) in [6.45, 7) is 1.15. The maximum atomic E-state index is 12.1. The Morgan fingerprint density at radius 2 is 2.35 bits per heavy atom. The Bertz CT molecular complexity index is 659. The molecule has 8 nitrogen and oxygen atoms in total. The second-order valence-corrected chi connectivity index (χ2v) is 5.51. The summed E-state index contributed by atoms with van der Waals surface area (Å²) in [5.41, 5.74) is 0. The summed E-state index contributed by atoms with van der Waals surface area (Å²) in [6.07, 6.45) is 3.86. The number of carbonyl (C=O) groups excluding carboxylic acids is 1. The highest BCUT2D eigenvalue weighted by Crippen LogP contribution is 2.26. The summed E-state index contributed by atoms with van der Waals surface area (Å²) in [5.74, 6) is 1.90. The number of amides is 2. The molecule has 1 aliphatic heterocycles. The minimum absolute atomic E-state index is 0.0547. The summed E-state index contributed by atoms with van der Waals surface area (Å²) in [5, 5.41) is 6.35. The first kappa shape index (κ1) is 15.1. The van der Waals surface area contributed by atoms with Gasteiger partial charge in [0.15, 0.2) is 17.4 Å². The SMILES string of the molecule is CN(C)c1ncccc1OC1CCN(C(=O)Nc2ccon2)C1. The molecule has 3 rings (SSSR count). The summed E-state index contributed by atoms with van der Waals surface area (Å²) >= 11 is 0. The van der Waals surface area contributed by atoms with Crippen LogP contribution in [0, 0.1) is 0 Å². The van der Waals surface area contributed by atoms with Crippen LogP contribution in [0.2, 0.25) is 0 Å². The Balaban J connectivity index is 1.59. The second-order valence-electron chi connectivity index (χ2n) is 5.51. The first-order valence-electron chi connectivity index (χ1n) is 7.39. The minimum Gasteiger partial charge on any atom is -0.485 e. The lowest BCUT2D eigenvalue weighted by Crippen LogP contribution is -2.34. The van der Waals surface area contributed by atoms with Crippen LogP contribution in [0.5, 0.6) is 5.75 Å². The monoisotopic (exact) mass is 317 g/mol. The van der Waals surface area contributed by atoms with E-state index in [1.807, 2.05) is 31.1 Å². The van der Waals surface area contributed by atoms with Crippen LogP contribution in [0.1, 0.15) is 6.42 Å². The van der Waals surface area contributed by atoms with E-state index in [0.717, 1.165) is 18.0 Å². The summed E-state index contributed by atoms with van der Waals surface area (Å²) in [7, 11) is 3.84. The van der Waals surface area contributed by atoms with Gasteiger partial charge in [-0.05, 0) is 12.1 Å². The van der Waals surface area contributed by atoms with Crippen LogP contribution in [0.15, 0.2) is 35.2 Å². The van der Waals surface area contributed by atoms with Crippen molar-refractivity contribution in [3.63, 3.8) is 0 Å². The number of carbonyl (C=O) groups is 1. The van der Waals surface area contributed by atoms with Crippen molar-refractivity contribution < 1.29 is 14.1 Å². The predicted molar refractivity (Wildman–Crippen MR) is 84.7 cm³/mol. The van der Waals surface area contributed by atoms with Crippen LogP contribution in [-0.4, -0.2) is 54.4 Å². The molecular formula is C15H19N5O3. The zero-order chi connectivity index (χ0) is 16.2. The van der Waals surface area contributed by atoms with E-state index >= 15 is 0 Å². The van der Waals surface area contributed by atoms with Crippen molar-refractivity contribution in [2.75, 3.05) is 37.4 Å². The Labute approximate surface area is 134 Å². The molecule has 1 fully saturated rings. The van der Waals surface area contributed by atoms with Gasteiger partial charge in [0, 0.05) is 39.3 Å². The number of ether oxygens (including phenoxy) is 1. The number of anilines is 2. The van der Waals surface area contributed by atoms with E-state index in [1.165, 1.54) is 6.26 Å². The molecule has 1 atom stereocenters. The third kappa shape index (κ3) is 3.53. The van der Waals surface area contributed by atoms with Crippen molar-refractivity contribution in [3.05, 3.63) is 30.7 Å². The fourth-order valence-electron chi connectivity index (χ4n) is 2.46. The summed E-state index contributed by atoms with van der Waals surface area (Å²) in [6, 6.07) is 5.12. The van der Waals surface area contributed by atoms with Gasteiger partial charge in [-0.3, -0.25) is 5.32 Å². The molecule has 0 spiro atoms. The molecule has 1 N–H and O–H groups in total. The third-order valence-electron chi connectivity index (χ3n) is 3.57. The average molecular weight is 317 g/mol. The van der Waals surface area contributed by atoms with Crippen molar-refractivity contribution >= 4 is 17.7 Å². The highest BCUT2D eigenvalue weighted by molar-refractivity contribution is 5.88. The van der Waals surface area contributed by atoms with Gasteiger partial charge in [-0.2, -0.15) is 0 Å². The summed E-state index contributed by atoms with van der Waals surface area (Å²) in [4.78, 5) is 20.1. The van der Waals surface area contributed by atoms with Gasteiger partial charge in [-0.25, -0.2) is 9.78 Å². The molecule has 2 aromatic heterocycles. The number of urea groups is 1. The molecule has 2 aromatic rings. The molecular weight excluding hydrogens is 298 g/mol. The van der Waals surface area contributed by atoms with Crippen molar-refractivity contribution in [1.82, 2.24) is 15.0 Å². The fraction of sp³-hybridized carbons (Fsp3) is 0.400. The van der Waals surface area contributed by atoms with Gasteiger partial charge in [-0.1, -0.05) is 5.16 Å². The second kappa shape index (κ2) is 6.55. The van der Waals surface area contributed by atoms with Crippen molar-refractivity contribution in [1.29, 1.82) is 0 Å². The topological polar surface area (TPSA) is 83.7 Å². The maximum absolute atomic E-state index is 12.1. The zero-order valence-corrected chi connectivity index (χ0v) is 13.1. The maximum Gasteiger partial charge on any atom is 0.323 e. The normalized spacial score (nSPS) is 17.1. The van der Waals surface area contributed by atoms with E-state index in [0.29, 0.717) is 18.9 Å². The van der Waals surface area contributed by atoms with Crippen molar-refractivity contribution in [2.24, 2.45) is 0 Å². The van der Waals surface area contributed by atoms with Crippen LogP contribution >= 0.6 is 0 Å². The van der Waals surface area contributed by atoms with Gasteiger partial charge in [0.05, 0.1) is 6.54 Å². The third-order valence-corrected chi connectivity index (χ3v) is 3.57. The molecule has 2 amide bonds. The van der Waals surface area contributed by atoms with Gasteiger partial charge in [0.25, 0.3) is 0 Å². The highest BCUT2D eigenvalue weighted by atomic mass is 16.5. The number of pyridine rings is 1. The first-order chi connectivity index (χ1) is 11.1. The van der Waals surface area contributed by atoms with Crippen LogP contribution in [-0.2, 0) is 0 Å². The fourth-order valence-corrected chi connectivity index (χ4v) is 2.46. The molecule has 23 heavy (non-hydrogen) atoms. The number of nitrogens with one attached hydrogen (secondary N) is 1. The molecule has 0 saturated carbocycles.